The molecule has 2 aliphatic rings. The Kier molecular flexibility index (Phi) is 17.2. The number of rotatable bonds is 10. The van der Waals surface area contributed by atoms with Crippen LogP contribution in [0, 0.1) is 0 Å². The van der Waals surface area contributed by atoms with Gasteiger partial charge in [-0.15, -0.1) is 0 Å². The number of hydrogen-bond acceptors (Lipinski definition) is 9. The summed E-state index contributed by atoms with van der Waals surface area (Å²) in [4.78, 5) is 29.9. The average Bonchev–Trinajstić information content (AvgIpc) is 3.11. The molecule has 9 nitrogen and oxygen atoms in total. The standard InChI is InChI=1S/C19H23N3O2.C18H23N3O.Al.Li.4H/c1-24-19(23)13-17-7-8-18(20-14-17)22-11-9-21(10-12-22)15-16-5-3-2-4-6-16;22-13-8-16-6-7-18(19-14-16)21-11-9-20(10-12-21)15-17-4-2-1-3-5-17;;;;;;/h2-8,14H,9-13,15H2,1H3;1-7,14,22H,8-13,15H2;;;;;;/q;;;+1;;;;-1. The molecule has 11 heteroatoms. The minimum atomic E-state index is -0.237. The van der Waals surface area contributed by atoms with Gasteiger partial charge in [-0.3, -0.25) is 14.6 Å². The van der Waals surface area contributed by atoms with E-state index in [0.717, 1.165) is 88.2 Å². The van der Waals surface area contributed by atoms with Crippen LogP contribution in [0.2, 0.25) is 0 Å². The number of nitrogens with zero attached hydrogens (tertiary/aromatic N) is 6. The van der Waals surface area contributed by atoms with Gasteiger partial charge in [0.2, 0.25) is 0 Å². The summed E-state index contributed by atoms with van der Waals surface area (Å²) in [5.74, 6) is 1.78. The number of carbonyl (C=O) groups is 1. The van der Waals surface area contributed by atoms with Gasteiger partial charge in [0.05, 0.1) is 13.5 Å². The molecule has 0 aliphatic carbocycles. The molecule has 1 N–H and O–H groups in total. The molecule has 0 bridgehead atoms. The largest absolute Gasteiger partial charge is 1.00 e. The fourth-order valence-corrected chi connectivity index (χ4v) is 5.78. The van der Waals surface area contributed by atoms with Crippen LogP contribution < -0.4 is 28.7 Å². The number of methoxy groups -OCH3 is 1. The van der Waals surface area contributed by atoms with Crippen molar-refractivity contribution in [2.24, 2.45) is 0 Å². The number of esters is 1. The smallest absolute Gasteiger partial charge is 1.00 e. The number of aliphatic hydroxyl groups excluding tert-OH is 1. The van der Waals surface area contributed by atoms with E-state index in [1.54, 1.807) is 6.20 Å². The van der Waals surface area contributed by atoms with Crippen LogP contribution in [0.5, 0.6) is 0 Å². The Morgan fingerprint density at radius 1 is 0.667 bits per heavy atom. The van der Waals surface area contributed by atoms with E-state index in [9.17, 15) is 4.79 Å². The molecule has 0 unspecified atom stereocenters. The number of piperazine rings is 2. The first-order valence-electron chi connectivity index (χ1n) is 16.2. The number of pyridine rings is 2. The molecule has 6 rings (SSSR count). The third-order valence-corrected chi connectivity index (χ3v) is 8.49. The van der Waals surface area contributed by atoms with Gasteiger partial charge in [-0.05, 0) is 40.8 Å². The van der Waals surface area contributed by atoms with Gasteiger partial charge in [0, 0.05) is 84.4 Å². The minimum Gasteiger partial charge on any atom is -1.00 e. The Balaban J connectivity index is 0.000000321. The molecular formula is C37H50AlLiN6O3. The van der Waals surface area contributed by atoms with E-state index in [0.29, 0.717) is 6.42 Å². The SMILES string of the molecule is COC(=O)Cc1ccc(N2CCN(Cc3ccccc3)CC2)nc1.OCCc1ccc(N2CCN(Cc3ccccc3)CC2)nc1.[AlH3].[H-].[Li+]. The van der Waals surface area contributed by atoms with Crippen molar-refractivity contribution in [3.8, 4) is 0 Å². The van der Waals surface area contributed by atoms with Crippen molar-refractivity contribution in [3.05, 3.63) is 120 Å². The topological polar surface area (TPSA) is 85.3 Å². The van der Waals surface area contributed by atoms with Crippen LogP contribution in [-0.2, 0) is 35.5 Å². The quantitative estimate of drug-likeness (QED) is 0.187. The molecule has 0 saturated carbocycles. The number of hydrogen-bond donors (Lipinski definition) is 1. The molecule has 0 radical (unpaired) electrons. The second-order valence-corrected chi connectivity index (χ2v) is 11.8. The van der Waals surface area contributed by atoms with Crippen LogP contribution in [-0.4, -0.2) is 114 Å². The van der Waals surface area contributed by atoms with E-state index in [4.69, 9.17) is 5.11 Å². The van der Waals surface area contributed by atoms with Gasteiger partial charge in [-0.25, -0.2) is 9.97 Å². The number of ether oxygens (including phenoxy) is 1. The summed E-state index contributed by atoms with van der Waals surface area (Å²) < 4.78 is 4.68. The van der Waals surface area contributed by atoms with Crippen molar-refractivity contribution >= 4 is 35.0 Å². The molecule has 4 aromatic rings. The summed E-state index contributed by atoms with van der Waals surface area (Å²) in [7, 11) is 1.40. The zero-order valence-corrected chi connectivity index (χ0v) is 27.9. The third-order valence-electron chi connectivity index (χ3n) is 8.49. The molecule has 2 aromatic heterocycles. The molecule has 0 spiro atoms. The zero-order valence-electron chi connectivity index (χ0n) is 28.9. The van der Waals surface area contributed by atoms with Crippen LogP contribution in [0.15, 0.2) is 97.3 Å². The number of carbonyl (C=O) groups excluding carboxylic acids is 1. The predicted molar refractivity (Wildman–Crippen MR) is 194 cm³/mol. The third kappa shape index (κ3) is 12.4. The van der Waals surface area contributed by atoms with Crippen molar-refractivity contribution in [1.82, 2.24) is 19.8 Å². The summed E-state index contributed by atoms with van der Waals surface area (Å²) in [5, 5.41) is 8.94. The van der Waals surface area contributed by atoms with Crippen LogP contribution >= 0.6 is 0 Å². The van der Waals surface area contributed by atoms with E-state index >= 15 is 0 Å². The maximum atomic E-state index is 11.3. The van der Waals surface area contributed by atoms with Gasteiger partial charge < -0.3 is 21.1 Å². The van der Waals surface area contributed by atoms with Crippen LogP contribution in [0.3, 0.4) is 0 Å². The van der Waals surface area contributed by atoms with Crippen molar-refractivity contribution in [2.45, 2.75) is 25.9 Å². The summed E-state index contributed by atoms with van der Waals surface area (Å²) in [6.45, 7) is 10.4. The summed E-state index contributed by atoms with van der Waals surface area (Å²) in [6.07, 6.45) is 4.59. The van der Waals surface area contributed by atoms with Gasteiger partial charge in [0.25, 0.3) is 0 Å². The van der Waals surface area contributed by atoms with Crippen molar-refractivity contribution < 1.29 is 34.9 Å². The summed E-state index contributed by atoms with van der Waals surface area (Å²) in [6, 6.07) is 29.3. The Labute approximate surface area is 309 Å². The van der Waals surface area contributed by atoms with Gasteiger partial charge >= 0.3 is 24.8 Å². The van der Waals surface area contributed by atoms with Crippen molar-refractivity contribution in [3.63, 3.8) is 0 Å². The maximum absolute atomic E-state index is 11.3. The minimum absolute atomic E-state index is 0. The second kappa shape index (κ2) is 21.0. The second-order valence-electron chi connectivity index (χ2n) is 11.8. The van der Waals surface area contributed by atoms with Crippen LogP contribution in [0.4, 0.5) is 11.6 Å². The maximum Gasteiger partial charge on any atom is 1.00 e. The average molecular weight is 661 g/mol. The van der Waals surface area contributed by atoms with Gasteiger partial charge in [0.15, 0.2) is 17.4 Å². The van der Waals surface area contributed by atoms with E-state index < -0.39 is 0 Å². The Morgan fingerprint density at radius 2 is 1.10 bits per heavy atom. The molecule has 0 atom stereocenters. The molecule has 2 fully saturated rings. The monoisotopic (exact) mass is 660 g/mol. The van der Waals surface area contributed by atoms with E-state index in [1.165, 1.54) is 18.2 Å². The fourth-order valence-electron chi connectivity index (χ4n) is 5.78. The van der Waals surface area contributed by atoms with Gasteiger partial charge in [-0.2, -0.15) is 0 Å². The van der Waals surface area contributed by atoms with Crippen LogP contribution in [0.1, 0.15) is 23.7 Å². The molecule has 0 amide bonds. The van der Waals surface area contributed by atoms with Gasteiger partial charge in [0.1, 0.15) is 11.6 Å². The molecule has 2 aromatic carbocycles. The fraction of sp³-hybridized carbons (Fsp3) is 0.378. The first-order valence-corrected chi connectivity index (χ1v) is 16.2. The Bertz CT molecular complexity index is 1460. The van der Waals surface area contributed by atoms with E-state index in [1.807, 2.05) is 18.3 Å². The Morgan fingerprint density at radius 3 is 1.48 bits per heavy atom. The molecule has 48 heavy (non-hydrogen) atoms. The molecule has 4 heterocycles. The number of anilines is 2. The molecule has 250 valence electrons. The predicted octanol–water partition coefficient (Wildman–Crippen LogP) is -0.00950. The zero-order chi connectivity index (χ0) is 32.0. The van der Waals surface area contributed by atoms with E-state index in [2.05, 4.69) is 107 Å². The number of benzene rings is 2. The first kappa shape index (κ1) is 39.3. The van der Waals surface area contributed by atoms with E-state index in [-0.39, 0.29) is 56.6 Å². The molecule has 2 aliphatic heterocycles. The molecule has 2 saturated heterocycles. The summed E-state index contributed by atoms with van der Waals surface area (Å²) in [5.41, 5.74) is 4.71. The first-order chi connectivity index (χ1) is 22.6. The van der Waals surface area contributed by atoms with Crippen molar-refractivity contribution in [1.29, 1.82) is 0 Å². The Hall–Kier alpha value is -3.18. The molecular weight excluding hydrogens is 610 g/mol. The van der Waals surface area contributed by atoms with Gasteiger partial charge in [-0.1, -0.05) is 72.8 Å². The number of aliphatic hydroxyl groups is 1. The van der Waals surface area contributed by atoms with Crippen LogP contribution in [0.25, 0.3) is 0 Å². The normalized spacial score (nSPS) is 15.0. The van der Waals surface area contributed by atoms with Crippen molar-refractivity contribution in [2.75, 3.05) is 75.9 Å². The summed E-state index contributed by atoms with van der Waals surface area (Å²) >= 11 is 0. The number of aromatic nitrogens is 2.